The maximum absolute atomic E-state index is 15.1. The van der Waals surface area contributed by atoms with Gasteiger partial charge < -0.3 is 9.47 Å². The lowest BCUT2D eigenvalue weighted by molar-refractivity contribution is -0.137. The van der Waals surface area contributed by atoms with E-state index in [0.29, 0.717) is 24.0 Å². The lowest BCUT2D eigenvalue weighted by atomic mass is 9.72. The molecule has 1 heterocycles. The van der Waals surface area contributed by atoms with E-state index in [0.717, 1.165) is 35.8 Å². The van der Waals surface area contributed by atoms with E-state index in [1.807, 2.05) is 0 Å². The minimum Gasteiger partial charge on any atom is -0.465 e. The van der Waals surface area contributed by atoms with Crippen LogP contribution in [0, 0.1) is 24.0 Å². The topological polar surface area (TPSA) is 55.8 Å². The minimum atomic E-state index is -4.54. The quantitative estimate of drug-likeness (QED) is 0.202. The summed E-state index contributed by atoms with van der Waals surface area (Å²) < 4.78 is 81.1. The molecule has 5 rings (SSSR count). The number of alkyl halides is 3. The van der Waals surface area contributed by atoms with Gasteiger partial charge in [0.25, 0.3) is 0 Å². The van der Waals surface area contributed by atoms with Crippen molar-refractivity contribution in [2.24, 2.45) is 5.41 Å². The van der Waals surface area contributed by atoms with Crippen LogP contribution in [0.5, 0.6) is 0 Å². The molecule has 0 N–H and O–H groups in total. The Labute approximate surface area is 258 Å². The first kappa shape index (κ1) is 32.2. The molecule has 0 bridgehead atoms. The van der Waals surface area contributed by atoms with Gasteiger partial charge in [0.2, 0.25) is 0 Å². The molecule has 2 atom stereocenters. The fraction of sp³-hybridized carbons (Fsp3) is 0.371. The Morgan fingerprint density at radius 1 is 1.02 bits per heavy atom. The molecule has 0 unspecified atom stereocenters. The van der Waals surface area contributed by atoms with Crippen molar-refractivity contribution in [1.29, 1.82) is 0 Å². The van der Waals surface area contributed by atoms with Crippen molar-refractivity contribution in [3.63, 3.8) is 0 Å². The highest BCUT2D eigenvalue weighted by Gasteiger charge is 2.42. The highest BCUT2D eigenvalue weighted by molar-refractivity contribution is 5.90. The van der Waals surface area contributed by atoms with Gasteiger partial charge in [0.1, 0.15) is 17.7 Å². The molecule has 45 heavy (non-hydrogen) atoms. The predicted octanol–water partition coefficient (Wildman–Crippen LogP) is 9.29. The molecule has 238 valence electrons. The van der Waals surface area contributed by atoms with E-state index in [-0.39, 0.29) is 34.2 Å². The summed E-state index contributed by atoms with van der Waals surface area (Å²) in [6, 6.07) is 11.3. The maximum atomic E-state index is 15.1. The second kappa shape index (κ2) is 11.9. The van der Waals surface area contributed by atoms with Gasteiger partial charge in [-0.2, -0.15) is 13.2 Å². The molecule has 5 nitrogen and oxygen atoms in total. The third-order valence-corrected chi connectivity index (χ3v) is 8.67. The number of amides is 1. The van der Waals surface area contributed by atoms with Crippen molar-refractivity contribution in [2.75, 3.05) is 13.7 Å². The Hall–Kier alpha value is -4.21. The van der Waals surface area contributed by atoms with Crippen LogP contribution >= 0.6 is 0 Å². The first-order valence-electron chi connectivity index (χ1n) is 14.6. The Balaban J connectivity index is 1.50. The van der Waals surface area contributed by atoms with Crippen molar-refractivity contribution in [3.05, 3.63) is 99.6 Å². The van der Waals surface area contributed by atoms with Gasteiger partial charge in [-0.15, -0.1) is 0 Å². The monoisotopic (exact) mass is 627 g/mol. The van der Waals surface area contributed by atoms with E-state index in [9.17, 15) is 22.8 Å². The van der Waals surface area contributed by atoms with Crippen LogP contribution in [-0.2, 0) is 15.7 Å². The number of aryl methyl sites for hydroxylation is 1. The van der Waals surface area contributed by atoms with Gasteiger partial charge in [0, 0.05) is 17.7 Å². The first-order valence-corrected chi connectivity index (χ1v) is 14.6. The number of benzene rings is 3. The van der Waals surface area contributed by atoms with E-state index in [2.05, 4.69) is 18.6 Å². The molecule has 1 aliphatic heterocycles. The zero-order valence-electron chi connectivity index (χ0n) is 25.6. The molecule has 1 saturated heterocycles. The van der Waals surface area contributed by atoms with Crippen molar-refractivity contribution >= 4 is 17.6 Å². The van der Waals surface area contributed by atoms with Crippen LogP contribution in [0.4, 0.5) is 26.7 Å². The summed E-state index contributed by atoms with van der Waals surface area (Å²) in [4.78, 5) is 26.5. The summed E-state index contributed by atoms with van der Waals surface area (Å²) in [5, 5.41) is 0. The normalized spacial score (nSPS) is 20.0. The van der Waals surface area contributed by atoms with E-state index in [1.165, 1.54) is 30.2 Å². The average Bonchev–Trinajstić information content (AvgIpc) is 3.24. The summed E-state index contributed by atoms with van der Waals surface area (Å²) in [6.07, 6.45) is -4.03. The molecule has 1 aliphatic carbocycles. The second-order valence-electron chi connectivity index (χ2n) is 12.6. The van der Waals surface area contributed by atoms with Crippen LogP contribution in [0.2, 0.25) is 0 Å². The van der Waals surface area contributed by atoms with Gasteiger partial charge in [0.15, 0.2) is 0 Å². The number of allylic oxidation sites excluding steroid dienone is 1. The third kappa shape index (κ3) is 6.60. The lowest BCUT2D eigenvalue weighted by Gasteiger charge is -2.35. The van der Waals surface area contributed by atoms with E-state index < -0.39 is 47.6 Å². The van der Waals surface area contributed by atoms with Crippen molar-refractivity contribution in [3.8, 4) is 11.1 Å². The van der Waals surface area contributed by atoms with E-state index in [1.54, 1.807) is 32.0 Å². The number of methoxy groups -OCH3 is 1. The summed E-state index contributed by atoms with van der Waals surface area (Å²) in [5.74, 6) is -2.13. The van der Waals surface area contributed by atoms with Crippen LogP contribution in [0.1, 0.15) is 78.7 Å². The molecule has 3 aromatic rings. The Kier molecular flexibility index (Phi) is 8.55. The smallest absolute Gasteiger partial charge is 0.416 e. The number of rotatable bonds is 6. The molecular weight excluding hydrogens is 593 g/mol. The zero-order chi connectivity index (χ0) is 32.8. The molecular formula is C35H34F5NO4. The molecule has 0 radical (unpaired) electrons. The van der Waals surface area contributed by atoms with Gasteiger partial charge >= 0.3 is 18.2 Å². The maximum Gasteiger partial charge on any atom is 0.416 e. The van der Waals surface area contributed by atoms with E-state index >= 15 is 8.78 Å². The molecule has 1 fully saturated rings. The van der Waals surface area contributed by atoms with Gasteiger partial charge in [-0.3, -0.25) is 4.90 Å². The first-order chi connectivity index (χ1) is 21.1. The summed E-state index contributed by atoms with van der Waals surface area (Å²) in [6.45, 7) is 7.70. The molecule has 3 aromatic carbocycles. The molecule has 0 spiro atoms. The SMILES string of the molecule is COC(=O)c1ccc(-c2cc(C3=C(CN4C(=O)O[C@H](c5cc(C)cc(C(F)(F)F)c5)[C@@H]4C)CC(C)(C)CC3)ccc2F)c(F)c1. The molecule has 2 aliphatic rings. The number of esters is 1. The summed E-state index contributed by atoms with van der Waals surface area (Å²) in [7, 11) is 1.18. The predicted molar refractivity (Wildman–Crippen MR) is 159 cm³/mol. The summed E-state index contributed by atoms with van der Waals surface area (Å²) in [5.41, 5.74) is 2.23. The largest absolute Gasteiger partial charge is 0.465 e. The number of ether oxygens (including phenoxy) is 2. The van der Waals surface area contributed by atoms with Crippen molar-refractivity contribution in [1.82, 2.24) is 4.90 Å². The number of carbonyl (C=O) groups is 2. The lowest BCUT2D eigenvalue weighted by Crippen LogP contribution is -2.35. The standard InChI is InChI=1S/C35H34F5NO4/c1-19-12-23(14-25(13-19)35(38,39)40)31-20(2)41(33(43)45-31)18-24-17-34(3,4)11-10-26(24)21-7-9-29(36)28(15-21)27-8-6-22(16-30(27)37)32(42)44-5/h6-9,12-16,20,31H,10-11,17-18H2,1-5H3/t20-,31-/m0/s1. The highest BCUT2D eigenvalue weighted by Crippen LogP contribution is 2.45. The Morgan fingerprint density at radius 3 is 2.42 bits per heavy atom. The number of nitrogens with zero attached hydrogens (tertiary/aromatic N) is 1. The highest BCUT2D eigenvalue weighted by atomic mass is 19.4. The fourth-order valence-corrected chi connectivity index (χ4v) is 6.32. The van der Waals surface area contributed by atoms with Crippen LogP contribution in [0.15, 0.2) is 60.2 Å². The molecule has 0 aromatic heterocycles. The van der Waals surface area contributed by atoms with Gasteiger partial charge in [-0.25, -0.2) is 18.4 Å². The second-order valence-corrected chi connectivity index (χ2v) is 12.6. The number of halogens is 5. The van der Waals surface area contributed by atoms with Crippen molar-refractivity contribution < 1.29 is 41.0 Å². The number of hydrogen-bond donors (Lipinski definition) is 0. The Morgan fingerprint density at radius 2 is 1.76 bits per heavy atom. The van der Waals surface area contributed by atoms with E-state index in [4.69, 9.17) is 4.74 Å². The van der Waals surface area contributed by atoms with Crippen molar-refractivity contribution in [2.45, 2.75) is 65.3 Å². The van der Waals surface area contributed by atoms with Gasteiger partial charge in [-0.05, 0) is 97.2 Å². The molecule has 1 amide bonds. The Bertz CT molecular complexity index is 1690. The minimum absolute atomic E-state index is 0.0000332. The number of carbonyl (C=O) groups excluding carboxylic acids is 2. The number of cyclic esters (lactones) is 1. The average molecular weight is 628 g/mol. The van der Waals surface area contributed by atoms with Gasteiger partial charge in [0.05, 0.1) is 24.3 Å². The van der Waals surface area contributed by atoms with Gasteiger partial charge in [-0.1, -0.05) is 37.6 Å². The zero-order valence-corrected chi connectivity index (χ0v) is 25.6. The number of hydrogen-bond acceptors (Lipinski definition) is 4. The summed E-state index contributed by atoms with van der Waals surface area (Å²) >= 11 is 0. The van der Waals surface area contributed by atoms with Crippen LogP contribution < -0.4 is 0 Å². The third-order valence-electron chi connectivity index (χ3n) is 8.67. The van der Waals surface area contributed by atoms with Crippen LogP contribution in [0.25, 0.3) is 16.7 Å². The van der Waals surface area contributed by atoms with Crippen LogP contribution in [-0.4, -0.2) is 36.7 Å². The molecule has 10 heteroatoms. The fourth-order valence-electron chi connectivity index (χ4n) is 6.32. The molecule has 0 saturated carbocycles. The van der Waals surface area contributed by atoms with Crippen LogP contribution in [0.3, 0.4) is 0 Å².